The lowest BCUT2D eigenvalue weighted by Gasteiger charge is -2.26. The van der Waals surface area contributed by atoms with Gasteiger partial charge in [0.1, 0.15) is 26.4 Å². The average Bonchev–Trinajstić information content (AvgIpc) is 3.05. The van der Waals surface area contributed by atoms with Gasteiger partial charge in [0.15, 0.2) is 0 Å². The van der Waals surface area contributed by atoms with E-state index in [4.69, 9.17) is 18.9 Å². The van der Waals surface area contributed by atoms with Crippen LogP contribution in [0.5, 0.6) is 0 Å². The first-order valence-electron chi connectivity index (χ1n) is 14.5. The third-order valence-electron chi connectivity index (χ3n) is 6.33. The number of anilines is 3. The van der Waals surface area contributed by atoms with Crippen molar-refractivity contribution in [2.75, 3.05) is 31.2 Å². The summed E-state index contributed by atoms with van der Waals surface area (Å²) in [6.07, 6.45) is -1.25. The molecular formula is C35H39N3O8. The Morgan fingerprint density at radius 1 is 0.587 bits per heavy atom. The number of hydrogen-bond acceptors (Lipinski definition) is 9. The fraction of sp³-hybridized carbons (Fsp3) is 0.257. The third kappa shape index (κ3) is 11.5. The molecule has 0 aliphatic rings. The van der Waals surface area contributed by atoms with E-state index in [-0.39, 0.29) is 50.7 Å². The van der Waals surface area contributed by atoms with Crippen molar-refractivity contribution >= 4 is 41.2 Å². The third-order valence-corrected chi connectivity index (χ3v) is 6.33. The summed E-state index contributed by atoms with van der Waals surface area (Å²) in [7, 11) is 0. The highest BCUT2D eigenvalue weighted by molar-refractivity contribution is 5.87. The van der Waals surface area contributed by atoms with E-state index >= 15 is 0 Å². The normalized spacial score (nSPS) is 10.2. The van der Waals surface area contributed by atoms with Gasteiger partial charge >= 0.3 is 24.1 Å². The van der Waals surface area contributed by atoms with Crippen LogP contribution in [0.4, 0.5) is 26.7 Å². The number of nitrogens with zero attached hydrogens (tertiary/aromatic N) is 1. The summed E-state index contributed by atoms with van der Waals surface area (Å²) < 4.78 is 20.4. The quantitative estimate of drug-likeness (QED) is 0.0878. The lowest BCUT2D eigenvalue weighted by molar-refractivity contribution is -0.139. The highest BCUT2D eigenvalue weighted by Gasteiger charge is 2.14. The summed E-state index contributed by atoms with van der Waals surface area (Å²) in [5.74, 6) is -1.03. The molecule has 2 N–H and O–H groups in total. The van der Waals surface area contributed by atoms with E-state index in [1.165, 1.54) is 0 Å². The van der Waals surface area contributed by atoms with Gasteiger partial charge in [-0.15, -0.1) is 0 Å². The van der Waals surface area contributed by atoms with Gasteiger partial charge in [0.25, 0.3) is 0 Å². The lowest BCUT2D eigenvalue weighted by atomic mass is 10.1. The standard InChI is InChI=1S/C35H39N3O8/c1-24(2)32(39)43-20-18-36-34(41)45-22-27-8-14-30(15-9-27)38(29-12-6-26(5)7-13-29)31-16-10-28(11-17-31)23-46-35(42)37-19-21-44-33(40)25(3)4/h6-17H,1,3,18-23H2,2,4-5H3,(H,36,41)(H,37,42). The number of aryl methyl sites for hydroxylation is 1. The van der Waals surface area contributed by atoms with E-state index < -0.39 is 24.1 Å². The molecule has 0 aromatic heterocycles. The SMILES string of the molecule is C=C(C)C(=O)OCCNC(=O)OCc1ccc(N(c2ccc(C)cc2)c2ccc(COC(=O)NCCOC(=O)C(=C)C)cc2)cc1. The van der Waals surface area contributed by atoms with Crippen molar-refractivity contribution in [3.8, 4) is 0 Å². The van der Waals surface area contributed by atoms with E-state index in [1.54, 1.807) is 13.8 Å². The maximum atomic E-state index is 12.0. The number of carbonyl (C=O) groups excluding carboxylic acids is 4. The summed E-state index contributed by atoms with van der Waals surface area (Å²) in [5, 5.41) is 5.07. The molecule has 0 saturated carbocycles. The molecule has 11 heteroatoms. The van der Waals surface area contributed by atoms with Crippen molar-refractivity contribution < 1.29 is 38.1 Å². The molecule has 3 rings (SSSR count). The Labute approximate surface area is 268 Å². The number of amides is 2. The first-order valence-corrected chi connectivity index (χ1v) is 14.5. The number of rotatable bonds is 15. The van der Waals surface area contributed by atoms with Crippen LogP contribution >= 0.6 is 0 Å². The predicted octanol–water partition coefficient (Wildman–Crippen LogP) is 6.16. The molecule has 0 atom stereocenters. The first-order chi connectivity index (χ1) is 22.0. The van der Waals surface area contributed by atoms with E-state index in [9.17, 15) is 19.2 Å². The van der Waals surface area contributed by atoms with Crippen LogP contribution in [-0.4, -0.2) is 50.4 Å². The Balaban J connectivity index is 1.58. The molecule has 46 heavy (non-hydrogen) atoms. The molecule has 0 fully saturated rings. The molecule has 11 nitrogen and oxygen atoms in total. The molecule has 0 bridgehead atoms. The summed E-state index contributed by atoms with van der Waals surface area (Å²) in [6, 6.07) is 23.3. The highest BCUT2D eigenvalue weighted by atomic mass is 16.6. The topological polar surface area (TPSA) is 132 Å². The van der Waals surface area contributed by atoms with Gasteiger partial charge in [-0.05, 0) is 68.3 Å². The molecule has 0 radical (unpaired) electrons. The Morgan fingerprint density at radius 2 is 0.935 bits per heavy atom. The lowest BCUT2D eigenvalue weighted by Crippen LogP contribution is -2.28. The Kier molecular flexibility index (Phi) is 13.4. The Morgan fingerprint density at radius 3 is 1.28 bits per heavy atom. The molecule has 0 unspecified atom stereocenters. The minimum Gasteiger partial charge on any atom is -0.460 e. The molecular weight excluding hydrogens is 590 g/mol. The Hall–Kier alpha value is -5.58. The number of esters is 2. The largest absolute Gasteiger partial charge is 0.460 e. The molecule has 2 amide bonds. The number of benzene rings is 3. The monoisotopic (exact) mass is 629 g/mol. The van der Waals surface area contributed by atoms with Crippen LogP contribution in [0.1, 0.15) is 30.5 Å². The molecule has 3 aromatic rings. The van der Waals surface area contributed by atoms with Gasteiger partial charge in [0.05, 0.1) is 13.1 Å². The van der Waals surface area contributed by atoms with E-state index in [0.29, 0.717) is 0 Å². The van der Waals surface area contributed by atoms with Crippen molar-refractivity contribution in [1.29, 1.82) is 0 Å². The maximum Gasteiger partial charge on any atom is 0.407 e. The van der Waals surface area contributed by atoms with Gasteiger partial charge in [-0.25, -0.2) is 19.2 Å². The minimum atomic E-state index is -0.623. The van der Waals surface area contributed by atoms with Crippen LogP contribution in [-0.2, 0) is 41.8 Å². The maximum absolute atomic E-state index is 12.0. The zero-order valence-corrected chi connectivity index (χ0v) is 26.3. The summed E-state index contributed by atoms with van der Waals surface area (Å²) in [4.78, 5) is 48.9. The zero-order chi connectivity index (χ0) is 33.5. The van der Waals surface area contributed by atoms with Gasteiger partial charge in [-0.1, -0.05) is 55.1 Å². The molecule has 0 aliphatic heterocycles. The molecule has 0 saturated heterocycles. The van der Waals surface area contributed by atoms with Crippen molar-refractivity contribution in [2.24, 2.45) is 0 Å². The molecule has 3 aromatic carbocycles. The number of ether oxygens (including phenoxy) is 4. The summed E-state index contributed by atoms with van der Waals surface area (Å²) in [6.45, 7) is 12.5. The highest BCUT2D eigenvalue weighted by Crippen LogP contribution is 2.35. The number of hydrogen-bond donors (Lipinski definition) is 2. The summed E-state index contributed by atoms with van der Waals surface area (Å²) in [5.41, 5.74) is 5.98. The van der Waals surface area contributed by atoms with Crippen molar-refractivity contribution in [3.05, 3.63) is 114 Å². The molecule has 0 aliphatic carbocycles. The van der Waals surface area contributed by atoms with Crippen LogP contribution in [0.2, 0.25) is 0 Å². The smallest absolute Gasteiger partial charge is 0.407 e. The van der Waals surface area contributed by atoms with Crippen molar-refractivity contribution in [2.45, 2.75) is 34.0 Å². The second-order valence-electron chi connectivity index (χ2n) is 10.3. The summed E-state index contributed by atoms with van der Waals surface area (Å²) >= 11 is 0. The average molecular weight is 630 g/mol. The van der Waals surface area contributed by atoms with Gasteiger partial charge in [0.2, 0.25) is 0 Å². The van der Waals surface area contributed by atoms with Gasteiger partial charge < -0.3 is 34.5 Å². The van der Waals surface area contributed by atoms with Crippen LogP contribution < -0.4 is 15.5 Å². The number of alkyl carbamates (subject to hydrolysis) is 2. The van der Waals surface area contributed by atoms with Crippen LogP contribution in [0.25, 0.3) is 0 Å². The van der Waals surface area contributed by atoms with Crippen molar-refractivity contribution in [3.63, 3.8) is 0 Å². The van der Waals surface area contributed by atoms with E-state index in [0.717, 1.165) is 33.8 Å². The van der Waals surface area contributed by atoms with Crippen LogP contribution in [0.15, 0.2) is 97.1 Å². The molecule has 0 heterocycles. The minimum absolute atomic E-state index is 0.0179. The second kappa shape index (κ2) is 17.6. The first kappa shape index (κ1) is 34.9. The van der Waals surface area contributed by atoms with Crippen LogP contribution in [0, 0.1) is 6.92 Å². The van der Waals surface area contributed by atoms with E-state index in [1.807, 2.05) is 79.7 Å². The van der Waals surface area contributed by atoms with Crippen LogP contribution in [0.3, 0.4) is 0 Å². The van der Waals surface area contributed by atoms with Gasteiger partial charge in [-0.2, -0.15) is 0 Å². The zero-order valence-electron chi connectivity index (χ0n) is 26.3. The van der Waals surface area contributed by atoms with Crippen molar-refractivity contribution in [1.82, 2.24) is 10.6 Å². The van der Waals surface area contributed by atoms with Gasteiger partial charge in [0, 0.05) is 28.2 Å². The predicted molar refractivity (Wildman–Crippen MR) is 174 cm³/mol. The van der Waals surface area contributed by atoms with E-state index in [2.05, 4.69) is 28.7 Å². The fourth-order valence-electron chi connectivity index (χ4n) is 3.86. The van der Waals surface area contributed by atoms with Gasteiger partial charge in [-0.3, -0.25) is 0 Å². The number of carbonyl (C=O) groups is 4. The molecule has 242 valence electrons. The number of nitrogens with one attached hydrogen (secondary N) is 2. The fourth-order valence-corrected chi connectivity index (χ4v) is 3.86. The molecule has 0 spiro atoms. The Bertz CT molecular complexity index is 1420. The second-order valence-corrected chi connectivity index (χ2v) is 10.3.